The Morgan fingerprint density at radius 2 is 2.38 bits per heavy atom. The lowest BCUT2D eigenvalue weighted by Gasteiger charge is -2.08. The Labute approximate surface area is 98.8 Å². The Hall–Kier alpha value is -1.35. The summed E-state index contributed by atoms with van der Waals surface area (Å²) in [5.41, 5.74) is 1.83. The molecule has 1 unspecified atom stereocenters. The second-order valence-corrected chi connectivity index (χ2v) is 4.47. The molecule has 0 saturated carbocycles. The van der Waals surface area contributed by atoms with Gasteiger partial charge >= 0.3 is 0 Å². The van der Waals surface area contributed by atoms with Gasteiger partial charge in [0.2, 0.25) is 0 Å². The molecule has 0 aliphatic rings. The fourth-order valence-corrected chi connectivity index (χ4v) is 2.23. The van der Waals surface area contributed by atoms with Crippen LogP contribution in [0, 0.1) is 0 Å². The SMILES string of the molecule is CC(=O)CC(C)c1c[nH]c2nccc(Cl)c12. The third-order valence-corrected chi connectivity index (χ3v) is 2.99. The van der Waals surface area contributed by atoms with E-state index in [1.807, 2.05) is 13.1 Å². The maximum atomic E-state index is 11.1. The van der Waals surface area contributed by atoms with Gasteiger partial charge in [-0.25, -0.2) is 4.98 Å². The van der Waals surface area contributed by atoms with Crippen LogP contribution in [0.2, 0.25) is 5.02 Å². The highest BCUT2D eigenvalue weighted by atomic mass is 35.5. The monoisotopic (exact) mass is 236 g/mol. The standard InChI is InChI=1S/C12H13ClN2O/c1-7(5-8(2)16)9-6-15-12-11(9)10(13)3-4-14-12/h3-4,6-7H,5H2,1-2H3,(H,14,15). The number of rotatable bonds is 3. The first kappa shape index (κ1) is 11.1. The van der Waals surface area contributed by atoms with Gasteiger partial charge in [-0.2, -0.15) is 0 Å². The van der Waals surface area contributed by atoms with Gasteiger partial charge in [0.1, 0.15) is 11.4 Å². The van der Waals surface area contributed by atoms with Crippen LogP contribution in [0.4, 0.5) is 0 Å². The van der Waals surface area contributed by atoms with E-state index in [-0.39, 0.29) is 11.7 Å². The molecule has 1 N–H and O–H groups in total. The van der Waals surface area contributed by atoms with Gasteiger partial charge in [-0.05, 0) is 24.5 Å². The van der Waals surface area contributed by atoms with Gasteiger partial charge < -0.3 is 9.78 Å². The van der Waals surface area contributed by atoms with Crippen molar-refractivity contribution in [2.75, 3.05) is 0 Å². The summed E-state index contributed by atoms with van der Waals surface area (Å²) in [5.74, 6) is 0.342. The van der Waals surface area contributed by atoms with Gasteiger partial charge in [0.05, 0.1) is 5.02 Å². The first-order valence-corrected chi connectivity index (χ1v) is 5.58. The molecule has 0 saturated heterocycles. The quantitative estimate of drug-likeness (QED) is 0.889. The van der Waals surface area contributed by atoms with E-state index in [0.29, 0.717) is 11.4 Å². The van der Waals surface area contributed by atoms with E-state index in [0.717, 1.165) is 16.6 Å². The Balaban J connectivity index is 2.48. The summed E-state index contributed by atoms with van der Waals surface area (Å²) in [6, 6.07) is 1.77. The van der Waals surface area contributed by atoms with Crippen LogP contribution < -0.4 is 0 Å². The summed E-state index contributed by atoms with van der Waals surface area (Å²) < 4.78 is 0. The van der Waals surface area contributed by atoms with Crippen LogP contribution in [0.1, 0.15) is 31.7 Å². The van der Waals surface area contributed by atoms with Crippen molar-refractivity contribution in [3.63, 3.8) is 0 Å². The first-order chi connectivity index (χ1) is 7.59. The Morgan fingerprint density at radius 3 is 3.06 bits per heavy atom. The molecule has 16 heavy (non-hydrogen) atoms. The lowest BCUT2D eigenvalue weighted by Crippen LogP contribution is -1.99. The second kappa shape index (κ2) is 4.26. The molecule has 2 aromatic rings. The van der Waals surface area contributed by atoms with E-state index < -0.39 is 0 Å². The van der Waals surface area contributed by atoms with Crippen LogP contribution in [0.25, 0.3) is 11.0 Å². The molecule has 1 atom stereocenters. The number of nitrogens with zero attached hydrogens (tertiary/aromatic N) is 1. The minimum absolute atomic E-state index is 0.160. The predicted octanol–water partition coefficient (Wildman–Crippen LogP) is 3.30. The summed E-state index contributed by atoms with van der Waals surface area (Å²) in [6.07, 6.45) is 4.08. The lowest BCUT2D eigenvalue weighted by atomic mass is 9.96. The number of nitrogens with one attached hydrogen (secondary N) is 1. The number of ketones is 1. The van der Waals surface area contributed by atoms with Crippen molar-refractivity contribution in [1.82, 2.24) is 9.97 Å². The van der Waals surface area contributed by atoms with Crippen molar-refractivity contribution in [2.24, 2.45) is 0 Å². The fraction of sp³-hybridized carbons (Fsp3) is 0.333. The lowest BCUT2D eigenvalue weighted by molar-refractivity contribution is -0.117. The van der Waals surface area contributed by atoms with Gasteiger partial charge in [0, 0.05) is 24.2 Å². The first-order valence-electron chi connectivity index (χ1n) is 5.20. The number of H-pyrrole nitrogens is 1. The molecule has 0 bridgehead atoms. The maximum Gasteiger partial charge on any atom is 0.139 e. The van der Waals surface area contributed by atoms with Gasteiger partial charge in [0.25, 0.3) is 0 Å². The third-order valence-electron chi connectivity index (χ3n) is 2.68. The van der Waals surface area contributed by atoms with Crippen molar-refractivity contribution in [2.45, 2.75) is 26.2 Å². The van der Waals surface area contributed by atoms with Gasteiger partial charge in [-0.1, -0.05) is 18.5 Å². The predicted molar refractivity (Wildman–Crippen MR) is 64.8 cm³/mol. The molecular formula is C12H13ClN2O. The van der Waals surface area contributed by atoms with E-state index in [1.165, 1.54) is 0 Å². The van der Waals surface area contributed by atoms with Crippen LogP contribution in [-0.4, -0.2) is 15.8 Å². The average molecular weight is 237 g/mol. The molecule has 0 amide bonds. The molecule has 2 rings (SSSR count). The largest absolute Gasteiger partial charge is 0.346 e. The normalized spacial score (nSPS) is 12.9. The van der Waals surface area contributed by atoms with Crippen molar-refractivity contribution in [3.05, 3.63) is 29.0 Å². The van der Waals surface area contributed by atoms with E-state index in [9.17, 15) is 4.79 Å². The Kier molecular flexibility index (Phi) is 2.97. The number of carbonyl (C=O) groups excluding carboxylic acids is 1. The minimum Gasteiger partial charge on any atom is -0.346 e. The highest BCUT2D eigenvalue weighted by molar-refractivity contribution is 6.35. The summed E-state index contributed by atoms with van der Waals surface area (Å²) in [5, 5.41) is 1.61. The summed E-state index contributed by atoms with van der Waals surface area (Å²) >= 11 is 6.14. The van der Waals surface area contributed by atoms with Gasteiger partial charge in [-0.3, -0.25) is 0 Å². The molecule has 0 spiro atoms. The summed E-state index contributed by atoms with van der Waals surface area (Å²) in [7, 11) is 0. The van der Waals surface area contributed by atoms with Crippen molar-refractivity contribution < 1.29 is 4.79 Å². The Bertz CT molecular complexity index is 533. The molecule has 84 valence electrons. The highest BCUT2D eigenvalue weighted by Crippen LogP contribution is 2.31. The number of aromatic amines is 1. The topological polar surface area (TPSA) is 45.8 Å². The molecule has 0 aliphatic heterocycles. The van der Waals surface area contributed by atoms with Crippen LogP contribution in [-0.2, 0) is 4.79 Å². The van der Waals surface area contributed by atoms with Crippen molar-refractivity contribution in [3.8, 4) is 0 Å². The third kappa shape index (κ3) is 1.95. The van der Waals surface area contributed by atoms with Crippen LogP contribution in [0.15, 0.2) is 18.5 Å². The Morgan fingerprint density at radius 1 is 1.62 bits per heavy atom. The second-order valence-electron chi connectivity index (χ2n) is 4.07. The van der Waals surface area contributed by atoms with E-state index >= 15 is 0 Å². The van der Waals surface area contributed by atoms with Crippen LogP contribution in [0.3, 0.4) is 0 Å². The zero-order valence-corrected chi connectivity index (χ0v) is 10.0. The number of carbonyl (C=O) groups is 1. The molecule has 2 aromatic heterocycles. The molecule has 4 heteroatoms. The van der Waals surface area contributed by atoms with E-state index in [2.05, 4.69) is 9.97 Å². The number of halogens is 1. The fourth-order valence-electron chi connectivity index (χ4n) is 1.97. The van der Waals surface area contributed by atoms with E-state index in [4.69, 9.17) is 11.6 Å². The molecule has 3 nitrogen and oxygen atoms in total. The van der Waals surface area contributed by atoms with Gasteiger partial charge in [-0.15, -0.1) is 0 Å². The van der Waals surface area contributed by atoms with Crippen LogP contribution >= 0.6 is 11.6 Å². The molecule has 0 fully saturated rings. The average Bonchev–Trinajstić information content (AvgIpc) is 2.61. The molecule has 0 radical (unpaired) electrons. The number of pyridine rings is 1. The maximum absolute atomic E-state index is 11.1. The molecule has 0 aliphatic carbocycles. The van der Waals surface area contributed by atoms with Crippen molar-refractivity contribution in [1.29, 1.82) is 0 Å². The molecular weight excluding hydrogens is 224 g/mol. The molecule has 0 aromatic carbocycles. The van der Waals surface area contributed by atoms with Crippen molar-refractivity contribution >= 4 is 28.4 Å². The number of Topliss-reactive ketones (excluding diaryl/α,β-unsaturated/α-hetero) is 1. The summed E-state index contributed by atoms with van der Waals surface area (Å²) in [6.45, 7) is 3.62. The zero-order valence-electron chi connectivity index (χ0n) is 9.25. The smallest absolute Gasteiger partial charge is 0.139 e. The van der Waals surface area contributed by atoms with Crippen LogP contribution in [0.5, 0.6) is 0 Å². The number of fused-ring (bicyclic) bond motifs is 1. The number of hydrogen-bond donors (Lipinski definition) is 1. The minimum atomic E-state index is 0.160. The van der Waals surface area contributed by atoms with Gasteiger partial charge in [0.15, 0.2) is 0 Å². The zero-order chi connectivity index (χ0) is 11.7. The molecule has 2 heterocycles. The van der Waals surface area contributed by atoms with E-state index in [1.54, 1.807) is 19.2 Å². The number of hydrogen-bond acceptors (Lipinski definition) is 2. The highest BCUT2D eigenvalue weighted by Gasteiger charge is 2.15. The number of aromatic nitrogens is 2. The summed E-state index contributed by atoms with van der Waals surface area (Å²) in [4.78, 5) is 18.4.